The second-order valence-electron chi connectivity index (χ2n) is 4.99. The van der Waals surface area contributed by atoms with E-state index < -0.39 is 6.03 Å². The summed E-state index contributed by atoms with van der Waals surface area (Å²) in [4.78, 5) is 24.9. The van der Waals surface area contributed by atoms with E-state index in [1.807, 2.05) is 20.8 Å². The van der Waals surface area contributed by atoms with Gasteiger partial charge < -0.3 is 25.3 Å². The van der Waals surface area contributed by atoms with E-state index >= 15 is 0 Å². The Balaban J connectivity index is 3.17. The van der Waals surface area contributed by atoms with Crippen molar-refractivity contribution in [2.75, 3.05) is 38.2 Å². The predicted octanol–water partition coefficient (Wildman–Crippen LogP) is 2.22. The minimum atomic E-state index is -0.563. The van der Waals surface area contributed by atoms with Crippen LogP contribution in [0.15, 0.2) is 12.1 Å². The first-order valence-corrected chi connectivity index (χ1v) is 8.33. The topological polar surface area (TPSA) is 103 Å². The highest BCUT2D eigenvalue weighted by molar-refractivity contribution is 6.00. The molecule has 25 heavy (non-hydrogen) atoms. The van der Waals surface area contributed by atoms with E-state index in [0.717, 1.165) is 4.90 Å². The van der Waals surface area contributed by atoms with Crippen molar-refractivity contribution < 1.29 is 23.8 Å². The van der Waals surface area contributed by atoms with Crippen LogP contribution in [-0.4, -0.2) is 49.7 Å². The van der Waals surface area contributed by atoms with Crippen molar-refractivity contribution in [3.05, 3.63) is 12.1 Å². The van der Waals surface area contributed by atoms with Crippen molar-refractivity contribution in [1.29, 1.82) is 0 Å². The zero-order valence-electron chi connectivity index (χ0n) is 15.3. The van der Waals surface area contributed by atoms with Gasteiger partial charge in [0.25, 0.3) is 0 Å². The summed E-state index contributed by atoms with van der Waals surface area (Å²) in [7, 11) is 0. The molecule has 0 aliphatic rings. The number of rotatable bonds is 9. The van der Waals surface area contributed by atoms with Gasteiger partial charge in [-0.2, -0.15) is 0 Å². The Bertz CT molecular complexity index is 565. The van der Waals surface area contributed by atoms with Gasteiger partial charge in [-0.05, 0) is 20.8 Å². The zero-order valence-corrected chi connectivity index (χ0v) is 15.3. The van der Waals surface area contributed by atoms with Gasteiger partial charge in [0.15, 0.2) is 11.5 Å². The molecule has 0 saturated heterocycles. The van der Waals surface area contributed by atoms with Gasteiger partial charge >= 0.3 is 6.03 Å². The van der Waals surface area contributed by atoms with Crippen molar-refractivity contribution in [2.24, 2.45) is 5.73 Å². The van der Waals surface area contributed by atoms with Crippen molar-refractivity contribution in [1.82, 2.24) is 4.90 Å². The predicted molar refractivity (Wildman–Crippen MR) is 95.4 cm³/mol. The minimum Gasteiger partial charge on any atom is -0.490 e. The monoisotopic (exact) mass is 353 g/mol. The minimum absolute atomic E-state index is 0.134. The highest BCUT2D eigenvalue weighted by Gasteiger charge is 2.20. The van der Waals surface area contributed by atoms with Crippen molar-refractivity contribution >= 4 is 17.6 Å². The summed E-state index contributed by atoms with van der Waals surface area (Å²) in [5.41, 5.74) is 5.88. The van der Waals surface area contributed by atoms with Crippen LogP contribution in [0.2, 0.25) is 0 Å². The van der Waals surface area contributed by atoms with Crippen LogP contribution in [0, 0.1) is 0 Å². The summed E-state index contributed by atoms with van der Waals surface area (Å²) in [5.74, 6) is 1.01. The Labute approximate surface area is 148 Å². The lowest BCUT2D eigenvalue weighted by Gasteiger charge is -2.21. The molecule has 0 atom stereocenters. The van der Waals surface area contributed by atoms with Crippen molar-refractivity contribution in [3.8, 4) is 17.2 Å². The van der Waals surface area contributed by atoms with E-state index in [0.29, 0.717) is 42.8 Å². The largest absolute Gasteiger partial charge is 0.490 e. The van der Waals surface area contributed by atoms with Crippen LogP contribution < -0.4 is 25.3 Å². The third-order valence-electron chi connectivity index (χ3n) is 3.14. The molecule has 3 N–H and O–H groups in total. The number of hydrogen-bond acceptors (Lipinski definition) is 6. The Hall–Kier alpha value is -2.48. The van der Waals surface area contributed by atoms with Gasteiger partial charge in [0.05, 0.1) is 25.5 Å². The van der Waals surface area contributed by atoms with Crippen molar-refractivity contribution in [3.63, 3.8) is 0 Å². The Kier molecular flexibility index (Phi) is 8.55. The molecule has 0 aliphatic heterocycles. The molecule has 0 spiro atoms. The number of nitrogens with zero attached hydrogens (tertiary/aromatic N) is 1. The normalized spacial score (nSPS) is 10.1. The maximum atomic E-state index is 12.3. The lowest BCUT2D eigenvalue weighted by molar-refractivity contribution is -0.125. The molecular formula is C17H27N3O5. The molecule has 8 nitrogen and oxygen atoms in total. The van der Waals surface area contributed by atoms with Crippen LogP contribution in [-0.2, 0) is 4.79 Å². The van der Waals surface area contributed by atoms with E-state index in [4.69, 9.17) is 19.9 Å². The maximum absolute atomic E-state index is 12.3. The number of nitrogens with one attached hydrogen (secondary N) is 1. The molecule has 1 rings (SSSR count). The number of carbonyl (C=O) groups excluding carboxylic acids is 2. The molecule has 0 aliphatic carbocycles. The fourth-order valence-corrected chi connectivity index (χ4v) is 2.18. The van der Waals surface area contributed by atoms with Crippen LogP contribution >= 0.6 is 0 Å². The van der Waals surface area contributed by atoms with Gasteiger partial charge in [0, 0.05) is 32.1 Å². The Morgan fingerprint density at radius 1 is 1.04 bits per heavy atom. The molecule has 0 unspecified atom stereocenters. The zero-order chi connectivity index (χ0) is 18.8. The molecule has 1 aromatic carbocycles. The molecule has 3 amide bonds. The highest BCUT2D eigenvalue weighted by atomic mass is 16.5. The third-order valence-corrected chi connectivity index (χ3v) is 3.14. The number of urea groups is 1. The fraction of sp³-hybridized carbons (Fsp3) is 0.529. The van der Waals surface area contributed by atoms with Gasteiger partial charge in [-0.3, -0.25) is 9.69 Å². The smallest absolute Gasteiger partial charge is 0.328 e. The second kappa shape index (κ2) is 10.4. The van der Waals surface area contributed by atoms with Gasteiger partial charge in [-0.25, -0.2) is 4.79 Å². The molecule has 140 valence electrons. The summed E-state index contributed by atoms with van der Waals surface area (Å²) >= 11 is 0. The first kappa shape index (κ1) is 20.6. The van der Waals surface area contributed by atoms with Crippen LogP contribution in [0.5, 0.6) is 17.2 Å². The van der Waals surface area contributed by atoms with E-state index in [9.17, 15) is 9.59 Å². The Morgan fingerprint density at radius 3 is 1.96 bits per heavy atom. The van der Waals surface area contributed by atoms with E-state index in [2.05, 4.69) is 5.32 Å². The quantitative estimate of drug-likeness (QED) is 0.705. The molecule has 0 saturated carbocycles. The number of hydrogen-bond donors (Lipinski definition) is 2. The van der Waals surface area contributed by atoms with E-state index in [1.54, 1.807) is 12.1 Å². The molecule has 0 radical (unpaired) electrons. The number of nitrogens with two attached hydrogens (primary N) is 1. The summed E-state index contributed by atoms with van der Waals surface area (Å²) in [5, 5.41) is 2.67. The van der Waals surface area contributed by atoms with Crippen LogP contribution in [0.4, 0.5) is 10.5 Å². The SMILES string of the molecule is CCOc1cc(NC(=O)N(CCN)C(C)=O)cc(OCC)c1OCC. The third kappa shape index (κ3) is 5.82. The molecule has 1 aromatic rings. The van der Waals surface area contributed by atoms with Gasteiger partial charge in [0.1, 0.15) is 0 Å². The van der Waals surface area contributed by atoms with Gasteiger partial charge in [0.2, 0.25) is 11.7 Å². The second-order valence-corrected chi connectivity index (χ2v) is 4.99. The first-order chi connectivity index (χ1) is 12.0. The molecule has 0 fully saturated rings. The maximum Gasteiger partial charge on any atom is 0.328 e. The van der Waals surface area contributed by atoms with Crippen LogP contribution in [0.25, 0.3) is 0 Å². The van der Waals surface area contributed by atoms with Crippen LogP contribution in [0.1, 0.15) is 27.7 Å². The summed E-state index contributed by atoms with van der Waals surface area (Å²) < 4.78 is 16.8. The van der Waals surface area contributed by atoms with Crippen molar-refractivity contribution in [2.45, 2.75) is 27.7 Å². The summed E-state index contributed by atoms with van der Waals surface area (Å²) in [6.45, 7) is 8.48. The average molecular weight is 353 g/mol. The number of anilines is 1. The van der Waals surface area contributed by atoms with Gasteiger partial charge in [-0.15, -0.1) is 0 Å². The lowest BCUT2D eigenvalue weighted by atomic mass is 10.2. The van der Waals surface area contributed by atoms with E-state index in [-0.39, 0.29) is 19.0 Å². The lowest BCUT2D eigenvalue weighted by Crippen LogP contribution is -2.41. The van der Waals surface area contributed by atoms with E-state index in [1.165, 1.54) is 6.92 Å². The number of benzene rings is 1. The molecule has 0 bridgehead atoms. The fourth-order valence-electron chi connectivity index (χ4n) is 2.18. The molecule has 8 heteroatoms. The summed E-state index contributed by atoms with van der Waals surface area (Å²) in [6, 6.07) is 2.71. The average Bonchev–Trinajstić information content (AvgIpc) is 2.55. The number of imide groups is 1. The Morgan fingerprint density at radius 2 is 1.56 bits per heavy atom. The molecular weight excluding hydrogens is 326 g/mol. The number of ether oxygens (including phenoxy) is 3. The van der Waals surface area contributed by atoms with Crippen LogP contribution in [0.3, 0.4) is 0 Å². The standard InChI is InChI=1S/C17H27N3O5/c1-5-23-14-10-13(11-15(24-6-2)16(14)25-7-3)19-17(22)20(9-8-18)12(4)21/h10-11H,5-9,18H2,1-4H3,(H,19,22). The number of carbonyl (C=O) groups is 2. The van der Waals surface area contributed by atoms with Gasteiger partial charge in [-0.1, -0.05) is 0 Å². The first-order valence-electron chi connectivity index (χ1n) is 8.33. The molecule has 0 aromatic heterocycles. The molecule has 0 heterocycles. The number of amides is 3. The summed E-state index contributed by atoms with van der Waals surface area (Å²) in [6.07, 6.45) is 0. The highest BCUT2D eigenvalue weighted by Crippen LogP contribution is 2.40.